The van der Waals surface area contributed by atoms with Crippen molar-refractivity contribution in [2.45, 2.75) is 19.3 Å². The van der Waals surface area contributed by atoms with Crippen LogP contribution in [0.3, 0.4) is 0 Å². The van der Waals surface area contributed by atoms with Gasteiger partial charge in [0.05, 0.1) is 5.92 Å². The molecule has 2 heteroatoms. The first-order valence-electron chi connectivity index (χ1n) is 8.36. The van der Waals surface area contributed by atoms with Crippen molar-refractivity contribution in [1.82, 2.24) is 0 Å². The second kappa shape index (κ2) is 6.04. The molecule has 0 heterocycles. The van der Waals surface area contributed by atoms with Gasteiger partial charge >= 0.3 is 5.97 Å². The van der Waals surface area contributed by atoms with Crippen molar-refractivity contribution < 1.29 is 9.53 Å². The Bertz CT molecular complexity index is 782. The minimum atomic E-state index is -0.0689. The van der Waals surface area contributed by atoms with Gasteiger partial charge in [0.25, 0.3) is 0 Å². The van der Waals surface area contributed by atoms with Gasteiger partial charge in [-0.3, -0.25) is 4.79 Å². The lowest BCUT2D eigenvalue weighted by Gasteiger charge is -2.39. The van der Waals surface area contributed by atoms with Crippen LogP contribution in [-0.4, -0.2) is 5.97 Å². The van der Waals surface area contributed by atoms with Crippen LogP contribution in [0, 0.1) is 17.8 Å². The summed E-state index contributed by atoms with van der Waals surface area (Å²) in [6, 6.07) is 13.9. The molecule has 2 aliphatic carbocycles. The molecule has 0 aromatic heterocycles. The lowest BCUT2D eigenvalue weighted by molar-refractivity contribution is -0.145. The van der Waals surface area contributed by atoms with Crippen molar-refractivity contribution in [2.75, 3.05) is 0 Å². The summed E-state index contributed by atoms with van der Waals surface area (Å²) < 4.78 is 5.77. The highest BCUT2D eigenvalue weighted by Gasteiger charge is 2.41. The Morgan fingerprint density at radius 1 is 1.00 bits per heavy atom. The number of fused-ring (bicyclic) bond motifs is 1. The zero-order chi connectivity index (χ0) is 15.6. The molecule has 0 spiro atoms. The van der Waals surface area contributed by atoms with Gasteiger partial charge in [0.1, 0.15) is 5.75 Å². The first-order chi connectivity index (χ1) is 11.3. The van der Waals surface area contributed by atoms with E-state index in [2.05, 4.69) is 24.3 Å². The smallest absolute Gasteiger partial charge is 0.314 e. The summed E-state index contributed by atoms with van der Waals surface area (Å²) in [5, 5.41) is 2.10. The second-order valence-electron chi connectivity index (χ2n) is 6.46. The molecular weight excluding hydrogens is 284 g/mol. The van der Waals surface area contributed by atoms with Crippen molar-refractivity contribution in [2.24, 2.45) is 17.8 Å². The Hall–Kier alpha value is -2.35. The fourth-order valence-corrected chi connectivity index (χ4v) is 3.72. The van der Waals surface area contributed by atoms with Gasteiger partial charge < -0.3 is 4.74 Å². The van der Waals surface area contributed by atoms with E-state index < -0.39 is 0 Å². The molecule has 2 aromatic rings. The molecule has 23 heavy (non-hydrogen) atoms. The van der Waals surface area contributed by atoms with E-state index in [0.29, 0.717) is 17.6 Å². The molecule has 2 aliphatic rings. The van der Waals surface area contributed by atoms with Crippen LogP contribution in [0.5, 0.6) is 5.75 Å². The summed E-state index contributed by atoms with van der Waals surface area (Å²) in [6.45, 7) is 0. The highest BCUT2D eigenvalue weighted by Crippen LogP contribution is 2.43. The van der Waals surface area contributed by atoms with Crippen LogP contribution in [0.4, 0.5) is 0 Å². The van der Waals surface area contributed by atoms with E-state index in [1.165, 1.54) is 0 Å². The van der Waals surface area contributed by atoms with Gasteiger partial charge in [-0.05, 0) is 42.6 Å². The molecule has 2 aromatic carbocycles. The van der Waals surface area contributed by atoms with Crippen LogP contribution in [0.2, 0.25) is 0 Å². The average molecular weight is 304 g/mol. The number of ether oxygens (including phenoxy) is 1. The minimum absolute atomic E-state index is 0.0371. The molecule has 116 valence electrons. The van der Waals surface area contributed by atoms with Crippen LogP contribution in [0.15, 0.2) is 66.8 Å². The van der Waals surface area contributed by atoms with Gasteiger partial charge in [-0.2, -0.15) is 0 Å². The van der Waals surface area contributed by atoms with Crippen molar-refractivity contribution >= 4 is 16.7 Å². The predicted molar refractivity (Wildman–Crippen MR) is 92.2 cm³/mol. The third-order valence-corrected chi connectivity index (χ3v) is 5.15. The minimum Gasteiger partial charge on any atom is -0.426 e. The first-order valence-corrected chi connectivity index (χ1v) is 8.36. The molecule has 1 fully saturated rings. The second-order valence-corrected chi connectivity index (χ2v) is 6.46. The Labute approximate surface area is 136 Å². The molecule has 1 saturated carbocycles. The van der Waals surface area contributed by atoms with Crippen LogP contribution >= 0.6 is 0 Å². The van der Waals surface area contributed by atoms with Crippen molar-refractivity contribution in [1.29, 1.82) is 0 Å². The number of benzene rings is 2. The van der Waals surface area contributed by atoms with E-state index in [1.807, 2.05) is 42.5 Å². The van der Waals surface area contributed by atoms with E-state index in [1.54, 1.807) is 0 Å². The van der Waals surface area contributed by atoms with E-state index >= 15 is 0 Å². The van der Waals surface area contributed by atoms with E-state index in [9.17, 15) is 4.79 Å². The Kier molecular flexibility index (Phi) is 3.74. The van der Waals surface area contributed by atoms with Crippen LogP contribution in [-0.2, 0) is 4.79 Å². The summed E-state index contributed by atoms with van der Waals surface area (Å²) in [4.78, 5) is 12.6. The molecule has 2 nitrogen and oxygen atoms in total. The molecule has 0 saturated heterocycles. The summed E-state index contributed by atoms with van der Waals surface area (Å²) in [5.41, 5.74) is 0. The zero-order valence-electron chi connectivity index (χ0n) is 13.0. The van der Waals surface area contributed by atoms with Crippen molar-refractivity contribution in [3.8, 4) is 5.75 Å². The summed E-state index contributed by atoms with van der Waals surface area (Å²) in [5.74, 6) is 1.56. The van der Waals surface area contributed by atoms with Gasteiger partial charge in [-0.25, -0.2) is 0 Å². The normalized spacial score (nSPS) is 26.0. The zero-order valence-corrected chi connectivity index (χ0v) is 13.0. The van der Waals surface area contributed by atoms with E-state index in [0.717, 1.165) is 30.0 Å². The summed E-state index contributed by atoms with van der Waals surface area (Å²) in [6.07, 6.45) is 11.7. The van der Waals surface area contributed by atoms with Gasteiger partial charge in [0.2, 0.25) is 0 Å². The average Bonchev–Trinajstić information content (AvgIpc) is 2.55. The van der Waals surface area contributed by atoms with Gasteiger partial charge in [0, 0.05) is 5.39 Å². The number of carbonyl (C=O) groups is 1. The highest BCUT2D eigenvalue weighted by molar-refractivity contribution is 5.90. The molecule has 1 unspecified atom stereocenters. The molecule has 0 bridgehead atoms. The van der Waals surface area contributed by atoms with E-state index in [4.69, 9.17) is 4.74 Å². The van der Waals surface area contributed by atoms with Crippen LogP contribution < -0.4 is 4.74 Å². The third kappa shape index (κ3) is 2.70. The number of carbonyl (C=O) groups excluding carboxylic acids is 1. The maximum absolute atomic E-state index is 12.6. The van der Waals surface area contributed by atoms with E-state index in [-0.39, 0.29) is 11.9 Å². The molecular formula is C21H20O2. The molecule has 0 radical (unpaired) electrons. The molecule has 0 amide bonds. The van der Waals surface area contributed by atoms with Crippen LogP contribution in [0.25, 0.3) is 10.8 Å². The molecule has 3 atom stereocenters. The maximum Gasteiger partial charge on any atom is 0.314 e. The number of esters is 1. The monoisotopic (exact) mass is 304 g/mol. The predicted octanol–water partition coefficient (Wildman–Crippen LogP) is 4.90. The lowest BCUT2D eigenvalue weighted by atomic mass is 9.65. The topological polar surface area (TPSA) is 26.3 Å². The summed E-state index contributed by atoms with van der Waals surface area (Å²) >= 11 is 0. The quantitative estimate of drug-likeness (QED) is 0.595. The van der Waals surface area contributed by atoms with Gasteiger partial charge in [-0.1, -0.05) is 60.7 Å². The van der Waals surface area contributed by atoms with Crippen molar-refractivity contribution in [3.05, 3.63) is 66.8 Å². The SMILES string of the molecule is O=C(Oc1cccc2ccccc12)[C@@H]1CC[C@H]1C1C=CC=CC1. The highest BCUT2D eigenvalue weighted by atomic mass is 16.5. The Morgan fingerprint density at radius 2 is 1.87 bits per heavy atom. The Morgan fingerprint density at radius 3 is 2.65 bits per heavy atom. The number of hydrogen-bond donors (Lipinski definition) is 0. The number of allylic oxidation sites excluding steroid dienone is 4. The first kappa shape index (κ1) is 14.3. The Balaban J connectivity index is 1.51. The molecule has 0 aliphatic heterocycles. The molecule has 0 N–H and O–H groups in total. The maximum atomic E-state index is 12.6. The molecule has 4 rings (SSSR count). The summed E-state index contributed by atoms with van der Waals surface area (Å²) in [7, 11) is 0. The fourth-order valence-electron chi connectivity index (χ4n) is 3.72. The largest absolute Gasteiger partial charge is 0.426 e. The third-order valence-electron chi connectivity index (χ3n) is 5.15. The van der Waals surface area contributed by atoms with Gasteiger partial charge in [-0.15, -0.1) is 0 Å². The number of rotatable bonds is 3. The van der Waals surface area contributed by atoms with Crippen LogP contribution in [0.1, 0.15) is 19.3 Å². The number of hydrogen-bond acceptors (Lipinski definition) is 2. The lowest BCUT2D eigenvalue weighted by Crippen LogP contribution is -2.39. The van der Waals surface area contributed by atoms with Crippen molar-refractivity contribution in [3.63, 3.8) is 0 Å². The fraction of sp³-hybridized carbons (Fsp3) is 0.286. The van der Waals surface area contributed by atoms with Gasteiger partial charge in [0.15, 0.2) is 0 Å². The standard InChI is InChI=1S/C21H20O2/c22-21(19-14-13-17(19)15-7-2-1-3-8-15)23-20-12-6-10-16-9-4-5-11-18(16)20/h1-7,9-12,15,17,19H,8,13-14H2/t15?,17-,19+/m0/s1.